The molecule has 0 spiro atoms. The van der Waals surface area contributed by atoms with E-state index in [1.54, 1.807) is 36.4 Å². The van der Waals surface area contributed by atoms with E-state index < -0.39 is 11.9 Å². The van der Waals surface area contributed by atoms with Crippen molar-refractivity contribution in [2.75, 3.05) is 37.4 Å². The van der Waals surface area contributed by atoms with Gasteiger partial charge in [0.1, 0.15) is 5.70 Å². The number of aryl methyl sites for hydroxylation is 1. The van der Waals surface area contributed by atoms with Crippen LogP contribution in [-0.4, -0.2) is 54.6 Å². The zero-order chi connectivity index (χ0) is 21.7. The van der Waals surface area contributed by atoms with Crippen molar-refractivity contribution < 1.29 is 24.2 Å². The molecule has 0 atom stereocenters. The largest absolute Gasteiger partial charge is 0.466 e. The van der Waals surface area contributed by atoms with Gasteiger partial charge in [-0.2, -0.15) is 0 Å². The Hall–Kier alpha value is -3.65. The number of ether oxygens (including phenoxy) is 1. The maximum Gasteiger partial charge on any atom is 0.337 e. The Kier molecular flexibility index (Phi) is 6.48. The van der Waals surface area contributed by atoms with Crippen molar-refractivity contribution >= 4 is 29.2 Å². The molecule has 1 aliphatic heterocycles. The van der Waals surface area contributed by atoms with E-state index >= 15 is 0 Å². The lowest BCUT2D eigenvalue weighted by Crippen LogP contribution is -2.31. The summed E-state index contributed by atoms with van der Waals surface area (Å²) in [7, 11) is 1.24. The zero-order valence-electron chi connectivity index (χ0n) is 16.8. The maximum absolute atomic E-state index is 12.8. The summed E-state index contributed by atoms with van der Waals surface area (Å²) in [6.45, 7) is 1.77. The number of benzene rings is 2. The number of aliphatic hydroxyl groups excluding tert-OH is 1. The highest BCUT2D eigenvalue weighted by Crippen LogP contribution is 2.29. The number of hydrogen-bond donors (Lipinski definition) is 3. The van der Waals surface area contributed by atoms with Gasteiger partial charge in [0.05, 0.1) is 37.2 Å². The van der Waals surface area contributed by atoms with Crippen molar-refractivity contribution in [1.29, 1.82) is 0 Å². The number of methoxy groups -OCH3 is 1. The van der Waals surface area contributed by atoms with Crippen LogP contribution in [0.1, 0.15) is 15.9 Å². The summed E-state index contributed by atoms with van der Waals surface area (Å²) in [5.41, 5.74) is 2.54. The van der Waals surface area contributed by atoms with Gasteiger partial charge in [-0.3, -0.25) is 9.59 Å². The number of β-amino-alcohol motifs (C(OH)–C–C–N with tert-alkyl or cyclic N) is 1. The van der Waals surface area contributed by atoms with Gasteiger partial charge in [0.25, 0.3) is 11.8 Å². The second-order valence-corrected chi connectivity index (χ2v) is 6.79. The van der Waals surface area contributed by atoms with Crippen molar-refractivity contribution in [3.8, 4) is 0 Å². The Labute approximate surface area is 174 Å². The van der Waals surface area contributed by atoms with E-state index in [1.165, 1.54) is 12.0 Å². The van der Waals surface area contributed by atoms with Crippen LogP contribution in [0, 0.1) is 6.92 Å². The summed E-state index contributed by atoms with van der Waals surface area (Å²) in [5.74, 6) is -1.36. The molecule has 0 saturated carbocycles. The number of esters is 1. The van der Waals surface area contributed by atoms with Crippen LogP contribution in [0.15, 0.2) is 59.8 Å². The molecule has 30 heavy (non-hydrogen) atoms. The summed E-state index contributed by atoms with van der Waals surface area (Å²) in [5, 5.41) is 15.0. The molecular formula is C22H23N3O5. The Bertz CT molecular complexity index is 1000. The molecule has 2 amide bonds. The number of nitrogens with zero attached hydrogens (tertiary/aromatic N) is 1. The van der Waals surface area contributed by atoms with Crippen LogP contribution in [0.25, 0.3) is 0 Å². The SMILES string of the molecule is COC(=O)C1=C(Nc2cc(C)ccc2NC(=O)c2ccccc2)C(=O)N(CCO)C1. The van der Waals surface area contributed by atoms with Gasteiger partial charge in [-0.1, -0.05) is 24.3 Å². The van der Waals surface area contributed by atoms with Gasteiger partial charge in [-0.05, 0) is 36.8 Å². The highest BCUT2D eigenvalue weighted by Gasteiger charge is 2.34. The summed E-state index contributed by atoms with van der Waals surface area (Å²) in [4.78, 5) is 38.9. The van der Waals surface area contributed by atoms with E-state index in [0.29, 0.717) is 16.9 Å². The highest BCUT2D eigenvalue weighted by molar-refractivity contribution is 6.10. The number of carbonyl (C=O) groups is 3. The molecule has 0 aliphatic carbocycles. The molecule has 2 aromatic rings. The Morgan fingerprint density at radius 2 is 1.87 bits per heavy atom. The van der Waals surface area contributed by atoms with Gasteiger partial charge in [0, 0.05) is 12.1 Å². The Morgan fingerprint density at radius 3 is 2.53 bits per heavy atom. The van der Waals surface area contributed by atoms with Crippen molar-refractivity contribution in [3.63, 3.8) is 0 Å². The van der Waals surface area contributed by atoms with Crippen LogP contribution in [0.3, 0.4) is 0 Å². The molecule has 0 aromatic heterocycles. The van der Waals surface area contributed by atoms with Gasteiger partial charge in [-0.25, -0.2) is 4.79 Å². The maximum atomic E-state index is 12.8. The average molecular weight is 409 g/mol. The minimum atomic E-state index is -0.631. The van der Waals surface area contributed by atoms with Crippen LogP contribution in [-0.2, 0) is 14.3 Å². The van der Waals surface area contributed by atoms with Gasteiger partial charge in [0.15, 0.2) is 0 Å². The number of anilines is 2. The molecule has 8 nitrogen and oxygen atoms in total. The second kappa shape index (κ2) is 9.23. The minimum absolute atomic E-state index is 0.0337. The normalized spacial score (nSPS) is 13.4. The molecule has 3 rings (SSSR count). The first kappa shape index (κ1) is 21.1. The van der Waals surface area contributed by atoms with Crippen molar-refractivity contribution in [1.82, 2.24) is 4.90 Å². The smallest absolute Gasteiger partial charge is 0.337 e. The zero-order valence-corrected chi connectivity index (χ0v) is 16.8. The predicted octanol–water partition coefficient (Wildman–Crippen LogP) is 1.92. The Morgan fingerprint density at radius 1 is 1.13 bits per heavy atom. The first-order chi connectivity index (χ1) is 14.4. The van der Waals surface area contributed by atoms with Crippen LogP contribution in [0.4, 0.5) is 11.4 Å². The topological polar surface area (TPSA) is 108 Å². The average Bonchev–Trinajstić information content (AvgIpc) is 3.06. The third-order valence-electron chi connectivity index (χ3n) is 4.67. The summed E-state index contributed by atoms with van der Waals surface area (Å²) >= 11 is 0. The van der Waals surface area contributed by atoms with E-state index in [1.807, 2.05) is 19.1 Å². The monoisotopic (exact) mass is 409 g/mol. The van der Waals surface area contributed by atoms with Gasteiger partial charge >= 0.3 is 5.97 Å². The second-order valence-electron chi connectivity index (χ2n) is 6.79. The van der Waals surface area contributed by atoms with Crippen LogP contribution >= 0.6 is 0 Å². The molecule has 156 valence electrons. The van der Waals surface area contributed by atoms with Crippen LogP contribution < -0.4 is 10.6 Å². The Balaban J connectivity index is 1.93. The van der Waals surface area contributed by atoms with E-state index in [2.05, 4.69) is 10.6 Å². The number of carbonyl (C=O) groups excluding carboxylic acids is 3. The summed E-state index contributed by atoms with van der Waals surface area (Å²) in [6.07, 6.45) is 0. The molecular weight excluding hydrogens is 386 g/mol. The fourth-order valence-electron chi connectivity index (χ4n) is 3.14. The molecule has 0 fully saturated rings. The van der Waals surface area contributed by atoms with Gasteiger partial charge in [0.2, 0.25) is 0 Å². The fourth-order valence-corrected chi connectivity index (χ4v) is 3.14. The quantitative estimate of drug-likeness (QED) is 0.603. The van der Waals surface area contributed by atoms with Gasteiger partial charge < -0.3 is 25.4 Å². The van der Waals surface area contributed by atoms with Crippen molar-refractivity contribution in [2.24, 2.45) is 0 Å². The summed E-state index contributed by atoms with van der Waals surface area (Å²) in [6, 6.07) is 14.1. The molecule has 1 heterocycles. The lowest BCUT2D eigenvalue weighted by atomic mass is 10.1. The van der Waals surface area contributed by atoms with E-state index in [0.717, 1.165) is 5.56 Å². The molecule has 0 unspecified atom stereocenters. The highest BCUT2D eigenvalue weighted by atomic mass is 16.5. The standard InChI is InChI=1S/C22H23N3O5/c1-14-8-9-17(24-20(27)15-6-4-3-5-7-15)18(12-14)23-19-16(22(29)30-2)13-25(10-11-26)21(19)28/h3-9,12,23,26H,10-11,13H2,1-2H3,(H,24,27). The molecule has 1 aliphatic rings. The van der Waals surface area contributed by atoms with Crippen LogP contribution in [0.2, 0.25) is 0 Å². The molecule has 2 aromatic carbocycles. The first-order valence-corrected chi connectivity index (χ1v) is 9.40. The van der Waals surface area contributed by atoms with E-state index in [-0.39, 0.29) is 36.9 Å². The predicted molar refractivity (Wildman–Crippen MR) is 112 cm³/mol. The lowest BCUT2D eigenvalue weighted by molar-refractivity contribution is -0.136. The van der Waals surface area contributed by atoms with Crippen LogP contribution in [0.5, 0.6) is 0 Å². The number of hydrogen-bond acceptors (Lipinski definition) is 6. The van der Waals surface area contributed by atoms with Crippen molar-refractivity contribution in [3.05, 3.63) is 70.9 Å². The third-order valence-corrected chi connectivity index (χ3v) is 4.67. The number of amides is 2. The lowest BCUT2D eigenvalue weighted by Gasteiger charge is -2.17. The third kappa shape index (κ3) is 4.49. The van der Waals surface area contributed by atoms with E-state index in [4.69, 9.17) is 4.74 Å². The summed E-state index contributed by atoms with van der Waals surface area (Å²) < 4.78 is 4.81. The number of aliphatic hydroxyl groups is 1. The molecule has 8 heteroatoms. The fraction of sp³-hybridized carbons (Fsp3) is 0.227. The molecule has 0 radical (unpaired) electrons. The molecule has 0 bridgehead atoms. The minimum Gasteiger partial charge on any atom is -0.466 e. The number of nitrogens with one attached hydrogen (secondary N) is 2. The molecule has 0 saturated heterocycles. The van der Waals surface area contributed by atoms with E-state index in [9.17, 15) is 19.5 Å². The number of rotatable bonds is 7. The first-order valence-electron chi connectivity index (χ1n) is 9.40. The van der Waals surface area contributed by atoms with Gasteiger partial charge in [-0.15, -0.1) is 0 Å². The van der Waals surface area contributed by atoms with Crippen molar-refractivity contribution in [2.45, 2.75) is 6.92 Å². The molecule has 3 N–H and O–H groups in total.